The molecule has 11 heavy (non-hydrogen) atoms. The smallest absolute Gasteiger partial charge is 0.0155 e. The number of hydrogen-bond donors (Lipinski definition) is 0. The zero-order valence-electron chi connectivity index (χ0n) is 6.55. The van der Waals surface area contributed by atoms with Gasteiger partial charge in [0, 0.05) is 5.03 Å². The fourth-order valence-electron chi connectivity index (χ4n) is 0.922. The van der Waals surface area contributed by atoms with Crippen LogP contribution in [0.5, 0.6) is 0 Å². The predicted molar refractivity (Wildman–Crippen MR) is 50.6 cm³/mol. The first-order valence-corrected chi connectivity index (χ1v) is 4.04. The molecule has 0 aromatic rings. The lowest BCUT2D eigenvalue weighted by Gasteiger charge is -1.90. The minimum atomic E-state index is 0.816. The van der Waals surface area contributed by atoms with E-state index in [9.17, 15) is 0 Å². The summed E-state index contributed by atoms with van der Waals surface area (Å²) in [5.41, 5.74) is 1.16. The van der Waals surface area contributed by atoms with E-state index in [2.05, 4.69) is 24.3 Å². The molecule has 0 radical (unpaired) electrons. The second kappa shape index (κ2) is 4.20. The molecule has 0 fully saturated rings. The molecule has 1 rings (SSSR count). The molecule has 0 aromatic heterocycles. The van der Waals surface area contributed by atoms with E-state index in [4.69, 9.17) is 11.6 Å². The third-order valence-electron chi connectivity index (χ3n) is 1.37. The Morgan fingerprint density at radius 3 is 3.09 bits per heavy atom. The van der Waals surface area contributed by atoms with Crippen LogP contribution in [0.1, 0.15) is 13.3 Å². The Hall–Kier alpha value is -0.750. The van der Waals surface area contributed by atoms with Crippen molar-refractivity contribution in [2.75, 3.05) is 0 Å². The van der Waals surface area contributed by atoms with Crippen LogP contribution in [0.3, 0.4) is 0 Å². The molecule has 0 bridgehead atoms. The van der Waals surface area contributed by atoms with Crippen molar-refractivity contribution in [3.8, 4) is 0 Å². The molecule has 1 aliphatic carbocycles. The molecular weight excluding hydrogens is 156 g/mol. The largest absolute Gasteiger partial charge is 0.0894 e. The predicted octanol–water partition coefficient (Wildman–Crippen LogP) is 3.57. The molecule has 0 nitrogen and oxygen atoms in total. The molecule has 0 aromatic carbocycles. The molecule has 0 amide bonds. The highest BCUT2D eigenvalue weighted by molar-refractivity contribution is 6.29. The van der Waals surface area contributed by atoms with E-state index in [1.165, 1.54) is 0 Å². The summed E-state index contributed by atoms with van der Waals surface area (Å²) in [4.78, 5) is 0. The molecule has 1 heteroatoms. The minimum absolute atomic E-state index is 0.816. The molecule has 0 spiro atoms. The zero-order valence-corrected chi connectivity index (χ0v) is 7.31. The Bertz CT molecular complexity index is 238. The lowest BCUT2D eigenvalue weighted by atomic mass is 10.2. The molecule has 0 aliphatic heterocycles. The van der Waals surface area contributed by atoms with E-state index in [1.54, 1.807) is 0 Å². The second-order valence-corrected chi connectivity index (χ2v) is 3.06. The topological polar surface area (TPSA) is 0 Å². The summed E-state index contributed by atoms with van der Waals surface area (Å²) in [5.74, 6) is 0. The fraction of sp³-hybridized carbons (Fsp3) is 0.200. The maximum Gasteiger partial charge on any atom is 0.0155 e. The first-order chi connectivity index (χ1) is 5.29. The molecule has 0 heterocycles. The highest BCUT2D eigenvalue weighted by atomic mass is 35.5. The van der Waals surface area contributed by atoms with Crippen LogP contribution in [-0.2, 0) is 0 Å². The summed E-state index contributed by atoms with van der Waals surface area (Å²) in [6.07, 6.45) is 13.4. The van der Waals surface area contributed by atoms with Crippen molar-refractivity contribution in [2.45, 2.75) is 13.3 Å². The van der Waals surface area contributed by atoms with Crippen LogP contribution in [0.15, 0.2) is 47.1 Å². The third-order valence-corrected chi connectivity index (χ3v) is 1.48. The van der Waals surface area contributed by atoms with Crippen LogP contribution in [0.4, 0.5) is 0 Å². The van der Waals surface area contributed by atoms with Gasteiger partial charge in [0.05, 0.1) is 0 Å². The summed E-state index contributed by atoms with van der Waals surface area (Å²) in [6, 6.07) is 0. The van der Waals surface area contributed by atoms with Crippen LogP contribution < -0.4 is 0 Å². The molecule has 0 unspecified atom stereocenters. The molecular formula is C10H11Cl. The maximum atomic E-state index is 5.73. The van der Waals surface area contributed by atoms with Crippen molar-refractivity contribution in [2.24, 2.45) is 0 Å². The van der Waals surface area contributed by atoms with Crippen LogP contribution in [0.25, 0.3) is 0 Å². The summed E-state index contributed by atoms with van der Waals surface area (Å²) in [5, 5.41) is 0.816. The standard InChI is InChI=1S/C10H11Cl/c1-9(11)8-10-6-4-2-3-5-7-10/h2,4-8H,3H2,1H3/b9-8-. The normalized spacial score (nSPS) is 18.0. The van der Waals surface area contributed by atoms with Gasteiger partial charge in [0.25, 0.3) is 0 Å². The van der Waals surface area contributed by atoms with E-state index in [-0.39, 0.29) is 0 Å². The van der Waals surface area contributed by atoms with E-state index in [1.807, 2.05) is 19.1 Å². The van der Waals surface area contributed by atoms with Gasteiger partial charge in [0.2, 0.25) is 0 Å². The van der Waals surface area contributed by atoms with Gasteiger partial charge in [-0.3, -0.25) is 0 Å². The highest BCUT2D eigenvalue weighted by Gasteiger charge is 1.88. The average molecular weight is 167 g/mol. The number of allylic oxidation sites excluding steroid dienone is 8. The highest BCUT2D eigenvalue weighted by Crippen LogP contribution is 2.10. The number of hydrogen-bond acceptors (Lipinski definition) is 0. The Labute approximate surface area is 72.6 Å². The van der Waals surface area contributed by atoms with Crippen molar-refractivity contribution in [3.63, 3.8) is 0 Å². The van der Waals surface area contributed by atoms with E-state index < -0.39 is 0 Å². The van der Waals surface area contributed by atoms with Gasteiger partial charge < -0.3 is 0 Å². The van der Waals surface area contributed by atoms with Crippen molar-refractivity contribution in [1.29, 1.82) is 0 Å². The molecule has 1 aliphatic rings. The van der Waals surface area contributed by atoms with Gasteiger partial charge in [-0.25, -0.2) is 0 Å². The van der Waals surface area contributed by atoms with Crippen LogP contribution in [0.2, 0.25) is 0 Å². The SMILES string of the molecule is C/C(Cl)=C/C1=CC=CCC=C1. The van der Waals surface area contributed by atoms with E-state index >= 15 is 0 Å². The summed E-state index contributed by atoms with van der Waals surface area (Å²) < 4.78 is 0. The molecule has 0 saturated carbocycles. The van der Waals surface area contributed by atoms with Crippen molar-refractivity contribution >= 4 is 11.6 Å². The lowest BCUT2D eigenvalue weighted by Crippen LogP contribution is -1.69. The van der Waals surface area contributed by atoms with Crippen molar-refractivity contribution < 1.29 is 0 Å². The Balaban J connectivity index is 2.78. The summed E-state index contributed by atoms with van der Waals surface area (Å²) in [7, 11) is 0. The summed E-state index contributed by atoms with van der Waals surface area (Å²) in [6.45, 7) is 1.88. The minimum Gasteiger partial charge on any atom is -0.0894 e. The average Bonchev–Trinajstić information content (AvgIpc) is 2.14. The monoisotopic (exact) mass is 166 g/mol. The lowest BCUT2D eigenvalue weighted by molar-refractivity contribution is 1.40. The van der Waals surface area contributed by atoms with Gasteiger partial charge in [-0.2, -0.15) is 0 Å². The zero-order chi connectivity index (χ0) is 8.10. The van der Waals surface area contributed by atoms with Gasteiger partial charge in [-0.1, -0.05) is 42.0 Å². The maximum absolute atomic E-state index is 5.73. The Morgan fingerprint density at radius 2 is 2.36 bits per heavy atom. The van der Waals surface area contributed by atoms with Gasteiger partial charge >= 0.3 is 0 Å². The number of rotatable bonds is 1. The second-order valence-electron chi connectivity index (χ2n) is 2.46. The molecule has 58 valence electrons. The first kappa shape index (κ1) is 8.35. The Morgan fingerprint density at radius 1 is 1.55 bits per heavy atom. The van der Waals surface area contributed by atoms with Gasteiger partial charge in [0.1, 0.15) is 0 Å². The molecule has 0 atom stereocenters. The van der Waals surface area contributed by atoms with E-state index in [0.29, 0.717) is 0 Å². The molecule has 0 N–H and O–H groups in total. The summed E-state index contributed by atoms with van der Waals surface area (Å²) >= 11 is 5.73. The van der Waals surface area contributed by atoms with Gasteiger partial charge in [-0.05, 0) is 25.0 Å². The van der Waals surface area contributed by atoms with Crippen LogP contribution >= 0.6 is 11.6 Å². The van der Waals surface area contributed by atoms with E-state index in [0.717, 1.165) is 17.0 Å². The number of halogens is 1. The quantitative estimate of drug-likeness (QED) is 0.559. The first-order valence-electron chi connectivity index (χ1n) is 3.66. The van der Waals surface area contributed by atoms with Crippen molar-refractivity contribution in [1.82, 2.24) is 0 Å². The Kier molecular flexibility index (Phi) is 3.18. The van der Waals surface area contributed by atoms with Crippen LogP contribution in [0, 0.1) is 0 Å². The van der Waals surface area contributed by atoms with Crippen molar-refractivity contribution in [3.05, 3.63) is 47.1 Å². The fourth-order valence-corrected chi connectivity index (χ4v) is 1.05. The third kappa shape index (κ3) is 3.24. The van der Waals surface area contributed by atoms with Gasteiger partial charge in [-0.15, -0.1) is 0 Å². The van der Waals surface area contributed by atoms with Gasteiger partial charge in [0.15, 0.2) is 0 Å². The molecule has 0 saturated heterocycles. The van der Waals surface area contributed by atoms with Crippen LogP contribution in [-0.4, -0.2) is 0 Å².